The Morgan fingerprint density at radius 1 is 1.23 bits per heavy atom. The lowest BCUT2D eigenvalue weighted by atomic mass is 10.1. The van der Waals surface area contributed by atoms with Crippen LogP contribution in [-0.4, -0.2) is 4.37 Å². The van der Waals surface area contributed by atoms with Crippen molar-refractivity contribution >= 4 is 27.5 Å². The van der Waals surface area contributed by atoms with Gasteiger partial charge in [-0.2, -0.15) is 4.37 Å². The molecule has 0 aliphatic heterocycles. The fourth-order valence-electron chi connectivity index (χ4n) is 1.11. The van der Waals surface area contributed by atoms with Gasteiger partial charge in [-0.05, 0) is 46.0 Å². The van der Waals surface area contributed by atoms with Crippen molar-refractivity contribution in [2.24, 2.45) is 0 Å². The Balaban J connectivity index is 2.41. The molecule has 0 aliphatic carbocycles. The highest BCUT2D eigenvalue weighted by atomic mass is 79.9. The summed E-state index contributed by atoms with van der Waals surface area (Å²) in [4.78, 5) is 1.20. The monoisotopic (exact) mass is 253 g/mol. The predicted octanol–water partition coefficient (Wildman–Crippen LogP) is 3.88. The van der Waals surface area contributed by atoms with E-state index in [-0.39, 0.29) is 0 Å². The van der Waals surface area contributed by atoms with Crippen molar-refractivity contribution in [3.05, 3.63) is 40.5 Å². The number of aromatic nitrogens is 1. The van der Waals surface area contributed by atoms with Gasteiger partial charge in [-0.1, -0.05) is 29.8 Å². The third-order valence-corrected chi connectivity index (χ3v) is 3.30. The molecular weight excluding hydrogens is 246 g/mol. The first kappa shape index (κ1) is 8.91. The molecule has 0 amide bonds. The first-order chi connectivity index (χ1) is 6.25. The van der Waals surface area contributed by atoms with Crippen molar-refractivity contribution < 1.29 is 0 Å². The standard InChI is InChI=1S/C10H8BrNS/c1-7-2-4-8(5-3-7)9-6-10(11)12-13-9/h2-6H,1H3. The van der Waals surface area contributed by atoms with E-state index in [0.717, 1.165) is 4.60 Å². The van der Waals surface area contributed by atoms with E-state index in [1.54, 1.807) is 0 Å². The van der Waals surface area contributed by atoms with Gasteiger partial charge >= 0.3 is 0 Å². The number of halogens is 1. The van der Waals surface area contributed by atoms with E-state index in [9.17, 15) is 0 Å². The van der Waals surface area contributed by atoms with Gasteiger partial charge in [0.15, 0.2) is 0 Å². The van der Waals surface area contributed by atoms with Crippen LogP contribution in [0.25, 0.3) is 10.4 Å². The van der Waals surface area contributed by atoms with Crippen LogP contribution in [-0.2, 0) is 0 Å². The van der Waals surface area contributed by atoms with Gasteiger partial charge in [-0.25, -0.2) is 0 Å². The summed E-state index contributed by atoms with van der Waals surface area (Å²) in [6.45, 7) is 2.09. The largest absolute Gasteiger partial charge is 0.185 e. The second-order valence-electron chi connectivity index (χ2n) is 2.88. The molecule has 0 radical (unpaired) electrons. The SMILES string of the molecule is Cc1ccc(-c2cc(Br)ns2)cc1. The van der Waals surface area contributed by atoms with Crippen LogP contribution < -0.4 is 0 Å². The molecule has 0 N–H and O–H groups in total. The van der Waals surface area contributed by atoms with E-state index in [2.05, 4.69) is 51.5 Å². The number of benzene rings is 1. The Labute approximate surface area is 89.7 Å². The average Bonchev–Trinajstić information content (AvgIpc) is 2.53. The molecule has 0 saturated heterocycles. The highest BCUT2D eigenvalue weighted by Gasteiger charge is 2.01. The number of hydrogen-bond donors (Lipinski definition) is 0. The van der Waals surface area contributed by atoms with Crippen LogP contribution in [0.4, 0.5) is 0 Å². The van der Waals surface area contributed by atoms with E-state index < -0.39 is 0 Å². The molecule has 3 heteroatoms. The van der Waals surface area contributed by atoms with E-state index in [1.165, 1.54) is 27.5 Å². The first-order valence-corrected chi connectivity index (χ1v) is 5.51. The molecule has 13 heavy (non-hydrogen) atoms. The Hall–Kier alpha value is -0.670. The predicted molar refractivity (Wildman–Crippen MR) is 60.0 cm³/mol. The van der Waals surface area contributed by atoms with Gasteiger partial charge in [-0.3, -0.25) is 0 Å². The second-order valence-corrected chi connectivity index (χ2v) is 4.50. The van der Waals surface area contributed by atoms with Crippen LogP contribution in [0.5, 0.6) is 0 Å². The molecule has 0 fully saturated rings. The van der Waals surface area contributed by atoms with Crippen LogP contribution >= 0.6 is 27.5 Å². The zero-order chi connectivity index (χ0) is 9.26. The van der Waals surface area contributed by atoms with Gasteiger partial charge in [0, 0.05) is 0 Å². The molecule has 2 aromatic rings. The van der Waals surface area contributed by atoms with Crippen LogP contribution in [0, 0.1) is 6.92 Å². The van der Waals surface area contributed by atoms with Crippen molar-refractivity contribution in [2.75, 3.05) is 0 Å². The third-order valence-electron chi connectivity index (χ3n) is 1.82. The number of rotatable bonds is 1. The normalized spacial score (nSPS) is 10.3. The minimum atomic E-state index is 0.910. The van der Waals surface area contributed by atoms with Gasteiger partial charge in [-0.15, -0.1) is 0 Å². The summed E-state index contributed by atoms with van der Waals surface area (Å²) < 4.78 is 5.08. The topological polar surface area (TPSA) is 12.9 Å². The van der Waals surface area contributed by atoms with E-state index >= 15 is 0 Å². The molecule has 0 aliphatic rings. The average molecular weight is 254 g/mol. The van der Waals surface area contributed by atoms with Gasteiger partial charge in [0.1, 0.15) is 4.60 Å². The Kier molecular flexibility index (Phi) is 2.47. The lowest BCUT2D eigenvalue weighted by Crippen LogP contribution is -1.72. The van der Waals surface area contributed by atoms with Crippen LogP contribution in [0.2, 0.25) is 0 Å². The summed E-state index contributed by atoms with van der Waals surface area (Å²) in [5.41, 5.74) is 2.51. The van der Waals surface area contributed by atoms with Gasteiger partial charge < -0.3 is 0 Å². The lowest BCUT2D eigenvalue weighted by Gasteiger charge is -1.95. The molecule has 0 spiro atoms. The Bertz CT molecular complexity index is 405. The summed E-state index contributed by atoms with van der Waals surface area (Å²) in [5, 5.41) is 0. The quantitative estimate of drug-likeness (QED) is 0.752. The smallest absolute Gasteiger partial charge is 0.120 e. The highest BCUT2D eigenvalue weighted by Crippen LogP contribution is 2.26. The third kappa shape index (κ3) is 1.98. The van der Waals surface area contributed by atoms with Crippen molar-refractivity contribution in [3.63, 3.8) is 0 Å². The van der Waals surface area contributed by atoms with Crippen molar-refractivity contribution in [1.29, 1.82) is 0 Å². The molecule has 1 heterocycles. The maximum absolute atomic E-state index is 4.17. The van der Waals surface area contributed by atoms with Crippen molar-refractivity contribution in [3.8, 4) is 10.4 Å². The number of hydrogen-bond acceptors (Lipinski definition) is 2. The lowest BCUT2D eigenvalue weighted by molar-refractivity contribution is 1.47. The fraction of sp³-hybridized carbons (Fsp3) is 0.100. The maximum Gasteiger partial charge on any atom is 0.120 e. The zero-order valence-corrected chi connectivity index (χ0v) is 9.52. The molecule has 0 unspecified atom stereocenters. The summed E-state index contributed by atoms with van der Waals surface area (Å²) in [6.07, 6.45) is 0. The minimum absolute atomic E-state index is 0.910. The Morgan fingerprint density at radius 2 is 1.92 bits per heavy atom. The second kappa shape index (κ2) is 3.60. The Morgan fingerprint density at radius 3 is 2.46 bits per heavy atom. The molecule has 1 aromatic carbocycles. The molecule has 0 bridgehead atoms. The molecule has 0 saturated carbocycles. The molecular formula is C10H8BrNS. The van der Waals surface area contributed by atoms with Gasteiger partial charge in [0.05, 0.1) is 4.88 Å². The van der Waals surface area contributed by atoms with Crippen LogP contribution in [0.15, 0.2) is 34.9 Å². The number of aryl methyl sites for hydroxylation is 1. The first-order valence-electron chi connectivity index (χ1n) is 3.95. The maximum atomic E-state index is 4.17. The van der Waals surface area contributed by atoms with Crippen molar-refractivity contribution in [1.82, 2.24) is 4.37 Å². The molecule has 1 nitrogen and oxygen atoms in total. The molecule has 2 rings (SSSR count). The van der Waals surface area contributed by atoms with Crippen LogP contribution in [0.1, 0.15) is 5.56 Å². The van der Waals surface area contributed by atoms with Gasteiger partial charge in [0.2, 0.25) is 0 Å². The number of nitrogens with zero attached hydrogens (tertiary/aromatic N) is 1. The summed E-state index contributed by atoms with van der Waals surface area (Å²) in [6, 6.07) is 10.5. The van der Waals surface area contributed by atoms with Crippen molar-refractivity contribution in [2.45, 2.75) is 6.92 Å². The summed E-state index contributed by atoms with van der Waals surface area (Å²) in [7, 11) is 0. The van der Waals surface area contributed by atoms with E-state index in [0.29, 0.717) is 0 Å². The zero-order valence-electron chi connectivity index (χ0n) is 7.12. The van der Waals surface area contributed by atoms with Gasteiger partial charge in [0.25, 0.3) is 0 Å². The molecule has 0 atom stereocenters. The molecule has 66 valence electrons. The van der Waals surface area contributed by atoms with Crippen LogP contribution in [0.3, 0.4) is 0 Å². The fourth-order valence-corrected chi connectivity index (χ4v) is 2.35. The van der Waals surface area contributed by atoms with E-state index in [1.807, 2.05) is 6.07 Å². The highest BCUT2D eigenvalue weighted by molar-refractivity contribution is 9.10. The summed E-state index contributed by atoms with van der Waals surface area (Å²) >= 11 is 4.85. The molecule has 1 aromatic heterocycles. The minimum Gasteiger partial charge on any atom is -0.185 e. The summed E-state index contributed by atoms with van der Waals surface area (Å²) in [5.74, 6) is 0. The van der Waals surface area contributed by atoms with E-state index in [4.69, 9.17) is 0 Å².